The SMILES string of the molecule is CCCSCCCCC(C)(NC)C(=O)OC. The summed E-state index contributed by atoms with van der Waals surface area (Å²) in [5, 5.41) is 3.05. The summed E-state index contributed by atoms with van der Waals surface area (Å²) in [7, 11) is 3.25. The molecule has 0 radical (unpaired) electrons. The van der Waals surface area contributed by atoms with Crippen molar-refractivity contribution in [2.75, 3.05) is 25.7 Å². The van der Waals surface area contributed by atoms with E-state index in [0.29, 0.717) is 0 Å². The van der Waals surface area contributed by atoms with E-state index in [-0.39, 0.29) is 5.97 Å². The van der Waals surface area contributed by atoms with Gasteiger partial charge in [-0.05, 0) is 44.7 Å². The van der Waals surface area contributed by atoms with E-state index in [9.17, 15) is 4.79 Å². The van der Waals surface area contributed by atoms with Gasteiger partial charge in [0.2, 0.25) is 0 Å². The largest absolute Gasteiger partial charge is 0.468 e. The first-order chi connectivity index (χ1) is 7.60. The standard InChI is InChI=1S/C12H25NO2S/c1-5-9-16-10-7-6-8-12(2,13-3)11(14)15-4/h13H,5-10H2,1-4H3. The molecule has 4 heteroatoms. The fourth-order valence-corrected chi connectivity index (χ4v) is 2.38. The second kappa shape index (κ2) is 8.88. The molecule has 0 saturated heterocycles. The van der Waals surface area contributed by atoms with Crippen molar-refractivity contribution in [3.8, 4) is 0 Å². The molecule has 0 aliphatic rings. The van der Waals surface area contributed by atoms with E-state index >= 15 is 0 Å². The van der Waals surface area contributed by atoms with E-state index in [1.165, 1.54) is 31.5 Å². The van der Waals surface area contributed by atoms with Crippen LogP contribution in [-0.4, -0.2) is 37.2 Å². The Labute approximate surface area is 104 Å². The lowest BCUT2D eigenvalue weighted by Crippen LogP contribution is -2.48. The van der Waals surface area contributed by atoms with Gasteiger partial charge in [0.05, 0.1) is 7.11 Å². The van der Waals surface area contributed by atoms with Crippen molar-refractivity contribution in [2.24, 2.45) is 0 Å². The van der Waals surface area contributed by atoms with Crippen LogP contribution in [-0.2, 0) is 9.53 Å². The molecule has 0 aliphatic heterocycles. The van der Waals surface area contributed by atoms with Crippen LogP contribution in [0.25, 0.3) is 0 Å². The predicted octanol–water partition coefficient (Wildman–Crippen LogP) is 2.45. The van der Waals surface area contributed by atoms with E-state index in [1.54, 1.807) is 0 Å². The number of ether oxygens (including phenoxy) is 1. The molecule has 0 heterocycles. The summed E-state index contributed by atoms with van der Waals surface area (Å²) in [5.74, 6) is 2.26. The Hall–Kier alpha value is -0.220. The summed E-state index contributed by atoms with van der Waals surface area (Å²) in [6.45, 7) is 4.10. The maximum Gasteiger partial charge on any atom is 0.325 e. The second-order valence-corrected chi connectivity index (χ2v) is 5.37. The Morgan fingerprint density at radius 1 is 1.38 bits per heavy atom. The molecule has 0 spiro atoms. The predicted molar refractivity (Wildman–Crippen MR) is 70.9 cm³/mol. The Morgan fingerprint density at radius 3 is 2.56 bits per heavy atom. The molecule has 0 aromatic rings. The minimum atomic E-state index is -0.524. The average molecular weight is 247 g/mol. The highest BCUT2D eigenvalue weighted by molar-refractivity contribution is 7.99. The van der Waals surface area contributed by atoms with Gasteiger partial charge in [0.15, 0.2) is 0 Å². The molecule has 96 valence electrons. The first-order valence-corrected chi connectivity index (χ1v) is 7.11. The fraction of sp³-hybridized carbons (Fsp3) is 0.917. The van der Waals surface area contributed by atoms with Crippen LogP contribution >= 0.6 is 11.8 Å². The number of methoxy groups -OCH3 is 1. The van der Waals surface area contributed by atoms with Crippen LogP contribution in [0, 0.1) is 0 Å². The number of thioether (sulfide) groups is 1. The van der Waals surface area contributed by atoms with Crippen molar-refractivity contribution in [3.63, 3.8) is 0 Å². The molecule has 0 aromatic carbocycles. The highest BCUT2D eigenvalue weighted by Gasteiger charge is 2.31. The van der Waals surface area contributed by atoms with Gasteiger partial charge in [-0.15, -0.1) is 0 Å². The number of nitrogens with one attached hydrogen (secondary N) is 1. The number of hydrogen-bond acceptors (Lipinski definition) is 4. The van der Waals surface area contributed by atoms with Crippen molar-refractivity contribution in [1.82, 2.24) is 5.32 Å². The molecule has 1 atom stereocenters. The number of likely N-dealkylation sites (N-methyl/N-ethyl adjacent to an activating group) is 1. The van der Waals surface area contributed by atoms with Crippen LogP contribution in [0.3, 0.4) is 0 Å². The first kappa shape index (κ1) is 15.8. The zero-order valence-corrected chi connectivity index (χ0v) is 11.8. The van der Waals surface area contributed by atoms with Gasteiger partial charge in [0, 0.05) is 0 Å². The minimum Gasteiger partial charge on any atom is -0.468 e. The molecule has 3 nitrogen and oxygen atoms in total. The number of unbranched alkanes of at least 4 members (excludes halogenated alkanes) is 1. The van der Waals surface area contributed by atoms with Gasteiger partial charge in [0.25, 0.3) is 0 Å². The molecular weight excluding hydrogens is 222 g/mol. The summed E-state index contributed by atoms with van der Waals surface area (Å²) in [6.07, 6.45) is 4.30. The van der Waals surface area contributed by atoms with Crippen molar-refractivity contribution in [1.29, 1.82) is 0 Å². The fourth-order valence-electron chi connectivity index (χ4n) is 1.48. The van der Waals surface area contributed by atoms with E-state index in [2.05, 4.69) is 12.2 Å². The minimum absolute atomic E-state index is 0.170. The van der Waals surface area contributed by atoms with Crippen LogP contribution in [0.15, 0.2) is 0 Å². The number of carbonyl (C=O) groups excluding carboxylic acids is 1. The number of esters is 1. The molecule has 0 amide bonds. The van der Waals surface area contributed by atoms with Gasteiger partial charge < -0.3 is 10.1 Å². The zero-order valence-electron chi connectivity index (χ0n) is 11.0. The Morgan fingerprint density at radius 2 is 2.06 bits per heavy atom. The lowest BCUT2D eigenvalue weighted by molar-refractivity contribution is -0.148. The summed E-state index contributed by atoms with van der Waals surface area (Å²) >= 11 is 1.99. The average Bonchev–Trinajstić information content (AvgIpc) is 2.32. The first-order valence-electron chi connectivity index (χ1n) is 5.95. The van der Waals surface area contributed by atoms with E-state index in [0.717, 1.165) is 12.8 Å². The van der Waals surface area contributed by atoms with Gasteiger partial charge in [-0.3, -0.25) is 4.79 Å². The highest BCUT2D eigenvalue weighted by Crippen LogP contribution is 2.16. The summed E-state index contributed by atoms with van der Waals surface area (Å²) in [5.41, 5.74) is -0.524. The number of hydrogen-bond donors (Lipinski definition) is 1. The smallest absolute Gasteiger partial charge is 0.325 e. The van der Waals surface area contributed by atoms with Gasteiger partial charge >= 0.3 is 5.97 Å². The summed E-state index contributed by atoms with van der Waals surface area (Å²) in [4.78, 5) is 11.5. The van der Waals surface area contributed by atoms with Crippen molar-refractivity contribution < 1.29 is 9.53 Å². The molecule has 0 aliphatic carbocycles. The number of rotatable bonds is 9. The third kappa shape index (κ3) is 5.75. The van der Waals surface area contributed by atoms with Gasteiger partial charge in [0.1, 0.15) is 5.54 Å². The topological polar surface area (TPSA) is 38.3 Å². The van der Waals surface area contributed by atoms with E-state index in [4.69, 9.17) is 4.74 Å². The molecule has 0 bridgehead atoms. The van der Waals surface area contributed by atoms with E-state index < -0.39 is 5.54 Å². The normalized spacial score (nSPS) is 14.5. The highest BCUT2D eigenvalue weighted by atomic mass is 32.2. The molecule has 1 unspecified atom stereocenters. The molecule has 16 heavy (non-hydrogen) atoms. The molecule has 0 fully saturated rings. The van der Waals surface area contributed by atoms with Gasteiger partial charge in [-0.25, -0.2) is 0 Å². The zero-order chi connectivity index (χ0) is 12.4. The molecule has 0 aromatic heterocycles. The Kier molecular flexibility index (Phi) is 8.76. The van der Waals surface area contributed by atoms with Crippen LogP contribution in [0.4, 0.5) is 0 Å². The Balaban J connectivity index is 3.74. The van der Waals surface area contributed by atoms with Crippen LogP contribution in [0.5, 0.6) is 0 Å². The van der Waals surface area contributed by atoms with Crippen molar-refractivity contribution >= 4 is 17.7 Å². The van der Waals surface area contributed by atoms with Crippen molar-refractivity contribution in [2.45, 2.75) is 45.1 Å². The maximum absolute atomic E-state index is 11.5. The van der Waals surface area contributed by atoms with E-state index in [1.807, 2.05) is 25.7 Å². The molecular formula is C12H25NO2S. The molecule has 1 N–H and O–H groups in total. The lowest BCUT2D eigenvalue weighted by Gasteiger charge is -2.25. The van der Waals surface area contributed by atoms with Crippen LogP contribution in [0.1, 0.15) is 39.5 Å². The van der Waals surface area contributed by atoms with Crippen LogP contribution < -0.4 is 5.32 Å². The van der Waals surface area contributed by atoms with Gasteiger partial charge in [-0.2, -0.15) is 11.8 Å². The molecule has 0 saturated carbocycles. The maximum atomic E-state index is 11.5. The second-order valence-electron chi connectivity index (χ2n) is 4.14. The molecule has 0 rings (SSSR count). The van der Waals surface area contributed by atoms with Gasteiger partial charge in [-0.1, -0.05) is 13.3 Å². The number of carbonyl (C=O) groups is 1. The quantitative estimate of drug-likeness (QED) is 0.502. The van der Waals surface area contributed by atoms with Crippen LogP contribution in [0.2, 0.25) is 0 Å². The van der Waals surface area contributed by atoms with Crippen molar-refractivity contribution in [3.05, 3.63) is 0 Å². The summed E-state index contributed by atoms with van der Waals surface area (Å²) in [6, 6.07) is 0. The summed E-state index contributed by atoms with van der Waals surface area (Å²) < 4.78 is 4.80. The third-order valence-corrected chi connectivity index (χ3v) is 4.03. The third-order valence-electron chi connectivity index (χ3n) is 2.75. The Bertz CT molecular complexity index is 199. The monoisotopic (exact) mass is 247 g/mol. The lowest BCUT2D eigenvalue weighted by atomic mass is 9.95.